The van der Waals surface area contributed by atoms with Crippen molar-refractivity contribution >= 4 is 23.5 Å². The van der Waals surface area contributed by atoms with Crippen molar-refractivity contribution in [2.45, 2.75) is 77.0 Å². The number of nitrogens with zero attached hydrogens (tertiary/aromatic N) is 2. The highest BCUT2D eigenvalue weighted by molar-refractivity contribution is 6.02. The van der Waals surface area contributed by atoms with E-state index in [2.05, 4.69) is 10.6 Å². The Kier molecular flexibility index (Phi) is 8.39. The molecule has 9 nitrogen and oxygen atoms in total. The first-order chi connectivity index (χ1) is 17.3. The number of fused-ring (bicyclic) bond motifs is 1. The number of carbonyl (C=O) groups is 3. The summed E-state index contributed by atoms with van der Waals surface area (Å²) in [6.45, 7) is 4.32. The van der Waals surface area contributed by atoms with E-state index >= 15 is 0 Å². The number of anilines is 1. The van der Waals surface area contributed by atoms with Crippen molar-refractivity contribution in [2.75, 3.05) is 32.1 Å². The minimum Gasteiger partial charge on any atom is -0.485 e. The van der Waals surface area contributed by atoms with Gasteiger partial charge in [-0.3, -0.25) is 9.59 Å². The summed E-state index contributed by atoms with van der Waals surface area (Å²) in [4.78, 5) is 42.4. The maximum absolute atomic E-state index is 13.5. The van der Waals surface area contributed by atoms with Crippen LogP contribution in [-0.2, 0) is 4.79 Å². The zero-order valence-corrected chi connectivity index (χ0v) is 21.7. The number of rotatable bonds is 7. The van der Waals surface area contributed by atoms with Crippen molar-refractivity contribution in [3.05, 3.63) is 23.8 Å². The molecule has 1 aliphatic heterocycles. The SMILES string of the molecule is C[C@@H]1CN([C@H](C)CO)C(=O)c2cccc(NC(=O)C3CC3)c2O[C@@H]1CN(C)C(=O)NC1CCCCC1. The van der Waals surface area contributed by atoms with Gasteiger partial charge in [-0.05, 0) is 44.7 Å². The second kappa shape index (κ2) is 11.5. The van der Waals surface area contributed by atoms with Crippen molar-refractivity contribution in [1.29, 1.82) is 0 Å². The molecule has 4 rings (SSSR count). The molecule has 3 N–H and O–H groups in total. The van der Waals surface area contributed by atoms with E-state index in [9.17, 15) is 19.5 Å². The lowest BCUT2D eigenvalue weighted by atomic mass is 9.96. The van der Waals surface area contributed by atoms with Crippen LogP contribution in [0.2, 0.25) is 0 Å². The molecule has 36 heavy (non-hydrogen) atoms. The number of likely N-dealkylation sites (N-methyl/N-ethyl adjacent to an activating group) is 1. The van der Waals surface area contributed by atoms with Gasteiger partial charge in [-0.25, -0.2) is 4.79 Å². The molecule has 0 aromatic heterocycles. The maximum Gasteiger partial charge on any atom is 0.317 e. The molecule has 2 aliphatic carbocycles. The summed E-state index contributed by atoms with van der Waals surface area (Å²) in [5.41, 5.74) is 0.804. The number of urea groups is 1. The van der Waals surface area contributed by atoms with Crippen molar-refractivity contribution in [2.24, 2.45) is 11.8 Å². The van der Waals surface area contributed by atoms with Gasteiger partial charge in [0, 0.05) is 31.5 Å². The largest absolute Gasteiger partial charge is 0.485 e. The molecule has 1 aromatic carbocycles. The van der Waals surface area contributed by atoms with E-state index in [1.54, 1.807) is 35.0 Å². The van der Waals surface area contributed by atoms with Gasteiger partial charge in [0.15, 0.2) is 5.75 Å². The summed E-state index contributed by atoms with van der Waals surface area (Å²) in [5, 5.41) is 15.9. The van der Waals surface area contributed by atoms with Crippen LogP contribution in [0.5, 0.6) is 5.75 Å². The molecule has 1 heterocycles. The van der Waals surface area contributed by atoms with Crippen molar-refractivity contribution < 1.29 is 24.2 Å². The van der Waals surface area contributed by atoms with Gasteiger partial charge in [0.2, 0.25) is 5.91 Å². The normalized spacial score (nSPS) is 23.6. The molecule has 198 valence electrons. The number of carbonyl (C=O) groups excluding carboxylic acids is 3. The monoisotopic (exact) mass is 500 g/mol. The number of aliphatic hydroxyl groups is 1. The van der Waals surface area contributed by atoms with E-state index in [0.29, 0.717) is 30.1 Å². The Morgan fingerprint density at radius 3 is 2.58 bits per heavy atom. The number of aliphatic hydroxyl groups excluding tert-OH is 1. The van der Waals surface area contributed by atoms with E-state index in [-0.39, 0.29) is 48.4 Å². The second-order valence-electron chi connectivity index (χ2n) is 10.7. The van der Waals surface area contributed by atoms with E-state index in [1.165, 1.54) is 6.42 Å². The van der Waals surface area contributed by atoms with Gasteiger partial charge >= 0.3 is 6.03 Å². The molecular weight excluding hydrogens is 460 g/mol. The molecule has 0 radical (unpaired) electrons. The molecular formula is C27H40N4O5. The average Bonchev–Trinajstić information content (AvgIpc) is 3.72. The average molecular weight is 501 g/mol. The molecule has 3 aliphatic rings. The third kappa shape index (κ3) is 6.11. The Morgan fingerprint density at radius 2 is 1.92 bits per heavy atom. The van der Waals surface area contributed by atoms with Crippen molar-refractivity contribution in [1.82, 2.24) is 15.1 Å². The summed E-state index contributed by atoms with van der Waals surface area (Å²) in [6.07, 6.45) is 6.80. The Morgan fingerprint density at radius 1 is 1.19 bits per heavy atom. The maximum atomic E-state index is 13.5. The Balaban J connectivity index is 1.59. The predicted molar refractivity (Wildman–Crippen MR) is 137 cm³/mol. The highest BCUT2D eigenvalue weighted by Gasteiger charge is 2.36. The third-order valence-electron chi connectivity index (χ3n) is 7.63. The number of ether oxygens (including phenoxy) is 1. The highest BCUT2D eigenvalue weighted by atomic mass is 16.5. The van der Waals surface area contributed by atoms with Gasteiger partial charge < -0.3 is 30.3 Å². The van der Waals surface area contributed by atoms with E-state index in [0.717, 1.165) is 38.5 Å². The highest BCUT2D eigenvalue weighted by Crippen LogP contribution is 2.37. The summed E-state index contributed by atoms with van der Waals surface area (Å²) in [6, 6.07) is 4.85. The Hall–Kier alpha value is -2.81. The standard InChI is InChI=1S/C27H40N4O5/c1-17-14-31(18(2)16-32)26(34)21-10-7-11-22(29-25(33)19-12-13-19)24(21)36-23(17)15-30(3)27(35)28-20-8-5-4-6-9-20/h7,10-11,17-20,23,32H,4-6,8-9,12-16H2,1-3H3,(H,28,35)(H,29,33)/t17-,18-,23-/m1/s1. The molecule has 0 unspecified atom stereocenters. The quantitative estimate of drug-likeness (QED) is 0.532. The van der Waals surface area contributed by atoms with Crippen LogP contribution in [-0.4, -0.2) is 77.7 Å². The zero-order chi connectivity index (χ0) is 25.8. The summed E-state index contributed by atoms with van der Waals surface area (Å²) >= 11 is 0. The summed E-state index contributed by atoms with van der Waals surface area (Å²) in [7, 11) is 1.76. The Labute approximate surface area is 213 Å². The van der Waals surface area contributed by atoms with Crippen LogP contribution in [0.3, 0.4) is 0 Å². The number of para-hydroxylation sites is 1. The fraction of sp³-hybridized carbons (Fsp3) is 0.667. The fourth-order valence-electron chi connectivity index (χ4n) is 5.02. The number of benzene rings is 1. The summed E-state index contributed by atoms with van der Waals surface area (Å²) < 4.78 is 6.48. The lowest BCUT2D eigenvalue weighted by Gasteiger charge is -2.38. The van der Waals surface area contributed by atoms with Gasteiger partial charge in [0.05, 0.1) is 30.4 Å². The molecule has 0 spiro atoms. The Bertz CT molecular complexity index is 959. The van der Waals surface area contributed by atoms with Gasteiger partial charge in [-0.2, -0.15) is 0 Å². The molecule has 0 bridgehead atoms. The topological polar surface area (TPSA) is 111 Å². The lowest BCUT2D eigenvalue weighted by Crippen LogP contribution is -2.52. The number of amides is 4. The van der Waals surface area contributed by atoms with E-state index in [1.807, 2.05) is 13.8 Å². The van der Waals surface area contributed by atoms with Crippen LogP contribution < -0.4 is 15.4 Å². The lowest BCUT2D eigenvalue weighted by molar-refractivity contribution is -0.117. The van der Waals surface area contributed by atoms with Gasteiger partial charge in [0.1, 0.15) is 6.10 Å². The second-order valence-corrected chi connectivity index (χ2v) is 10.7. The first-order valence-corrected chi connectivity index (χ1v) is 13.3. The van der Waals surface area contributed by atoms with Crippen molar-refractivity contribution in [3.8, 4) is 5.75 Å². The predicted octanol–water partition coefficient (Wildman–Crippen LogP) is 3.23. The first kappa shape index (κ1) is 26.3. The van der Waals surface area contributed by atoms with E-state index < -0.39 is 6.10 Å². The molecule has 2 saturated carbocycles. The summed E-state index contributed by atoms with van der Waals surface area (Å²) in [5.74, 6) is -0.128. The molecule has 3 atom stereocenters. The minimum atomic E-state index is -0.425. The van der Waals surface area contributed by atoms with Gasteiger partial charge in [-0.1, -0.05) is 32.3 Å². The van der Waals surface area contributed by atoms with Crippen molar-refractivity contribution in [3.63, 3.8) is 0 Å². The first-order valence-electron chi connectivity index (χ1n) is 13.3. The van der Waals surface area contributed by atoms with Gasteiger partial charge in [-0.15, -0.1) is 0 Å². The number of hydrogen-bond donors (Lipinski definition) is 3. The smallest absolute Gasteiger partial charge is 0.317 e. The van der Waals surface area contributed by atoms with Gasteiger partial charge in [0.25, 0.3) is 5.91 Å². The van der Waals surface area contributed by atoms with Crippen LogP contribution in [0.25, 0.3) is 0 Å². The minimum absolute atomic E-state index is 0.000333. The third-order valence-corrected chi connectivity index (χ3v) is 7.63. The molecule has 1 aromatic rings. The molecule has 4 amide bonds. The van der Waals surface area contributed by atoms with Crippen LogP contribution in [0, 0.1) is 11.8 Å². The zero-order valence-electron chi connectivity index (χ0n) is 21.7. The molecule has 2 fully saturated rings. The van der Waals surface area contributed by atoms with Crippen LogP contribution in [0.4, 0.5) is 10.5 Å². The molecule has 0 saturated heterocycles. The van der Waals surface area contributed by atoms with E-state index in [4.69, 9.17) is 4.74 Å². The van der Waals surface area contributed by atoms with Crippen LogP contribution in [0.15, 0.2) is 18.2 Å². The van der Waals surface area contributed by atoms with Crippen LogP contribution >= 0.6 is 0 Å². The van der Waals surface area contributed by atoms with Crippen LogP contribution in [0.1, 0.15) is 69.2 Å². The fourth-order valence-corrected chi connectivity index (χ4v) is 5.02. The number of hydrogen-bond acceptors (Lipinski definition) is 5. The number of nitrogens with one attached hydrogen (secondary N) is 2. The molecule has 9 heteroatoms.